The summed E-state index contributed by atoms with van der Waals surface area (Å²) in [6.45, 7) is 0.968. The molecule has 1 heterocycles. The zero-order valence-electron chi connectivity index (χ0n) is 10.5. The van der Waals surface area contributed by atoms with Gasteiger partial charge in [0.2, 0.25) is 0 Å². The fourth-order valence-corrected chi connectivity index (χ4v) is 2.41. The van der Waals surface area contributed by atoms with Crippen LogP contribution in [0, 0.1) is 0 Å². The minimum atomic E-state index is 0.968. The topological polar surface area (TPSA) is 24.4 Å². The third-order valence-electron chi connectivity index (χ3n) is 3.41. The number of hydrogen-bond donors (Lipinski definition) is 1. The maximum absolute atomic E-state index is 4.60. The predicted molar refractivity (Wildman–Crippen MR) is 78.3 cm³/mol. The smallest absolute Gasteiger partial charge is 0.101 e. The van der Waals surface area contributed by atoms with Crippen LogP contribution in [0.1, 0.15) is 25.7 Å². The van der Waals surface area contributed by atoms with Crippen LogP contribution in [0.5, 0.6) is 0 Å². The van der Waals surface area contributed by atoms with E-state index in [4.69, 9.17) is 0 Å². The summed E-state index contributed by atoms with van der Waals surface area (Å²) in [4.78, 5) is 4.60. The van der Waals surface area contributed by atoms with Gasteiger partial charge in [-0.2, -0.15) is 0 Å². The zero-order chi connectivity index (χ0) is 12.2. The molecule has 3 rings (SSSR count). The number of nitrogens with one attached hydrogen (secondary N) is 1. The number of aliphatic imine (C=N–C) groups is 1. The van der Waals surface area contributed by atoms with Gasteiger partial charge in [0.05, 0.1) is 0 Å². The number of hydrogen-bond acceptors (Lipinski definition) is 2. The number of benzene rings is 2. The Morgan fingerprint density at radius 3 is 2.72 bits per heavy atom. The van der Waals surface area contributed by atoms with Crippen molar-refractivity contribution >= 4 is 22.3 Å². The molecule has 0 fully saturated rings. The minimum Gasteiger partial charge on any atom is -0.344 e. The van der Waals surface area contributed by atoms with E-state index in [0.29, 0.717) is 0 Å². The third kappa shape index (κ3) is 2.53. The first-order chi connectivity index (χ1) is 8.92. The van der Waals surface area contributed by atoms with Crippen LogP contribution in [-0.2, 0) is 0 Å². The van der Waals surface area contributed by atoms with Gasteiger partial charge in [-0.3, -0.25) is 4.99 Å². The standard InChI is InChI=1S/C16H18N2/c1-2-8-16(17-11-5-1)18-15-10-9-13-6-3-4-7-14(13)12-15/h3-4,6-7,9-10,12H,1-2,5,8,11H2,(H,17,18). The first kappa shape index (κ1) is 11.3. The number of nitrogens with zero attached hydrogens (tertiary/aromatic N) is 1. The Morgan fingerprint density at radius 1 is 0.889 bits per heavy atom. The fraction of sp³-hybridized carbons (Fsp3) is 0.312. The third-order valence-corrected chi connectivity index (χ3v) is 3.41. The van der Waals surface area contributed by atoms with Crippen molar-refractivity contribution in [2.75, 3.05) is 11.9 Å². The highest BCUT2D eigenvalue weighted by Crippen LogP contribution is 2.19. The van der Waals surface area contributed by atoms with Gasteiger partial charge in [0, 0.05) is 18.7 Å². The molecule has 1 aliphatic heterocycles. The molecule has 1 aliphatic rings. The molecule has 0 atom stereocenters. The second kappa shape index (κ2) is 5.21. The number of amidine groups is 1. The predicted octanol–water partition coefficient (Wildman–Crippen LogP) is 4.22. The largest absolute Gasteiger partial charge is 0.344 e. The summed E-state index contributed by atoms with van der Waals surface area (Å²) in [5, 5.41) is 6.02. The van der Waals surface area contributed by atoms with Crippen LogP contribution in [-0.4, -0.2) is 12.4 Å². The van der Waals surface area contributed by atoms with E-state index in [2.05, 4.69) is 52.8 Å². The van der Waals surface area contributed by atoms with Crippen LogP contribution < -0.4 is 5.32 Å². The SMILES string of the molecule is c1ccc2cc(NC3=NCCCCC3)ccc2c1. The molecule has 0 saturated heterocycles. The van der Waals surface area contributed by atoms with Crippen LogP contribution in [0.15, 0.2) is 47.5 Å². The Morgan fingerprint density at radius 2 is 1.78 bits per heavy atom. The molecule has 0 aromatic heterocycles. The molecule has 0 unspecified atom stereocenters. The molecule has 2 aromatic carbocycles. The van der Waals surface area contributed by atoms with E-state index in [-0.39, 0.29) is 0 Å². The van der Waals surface area contributed by atoms with Crippen LogP contribution in [0.25, 0.3) is 10.8 Å². The first-order valence-corrected chi connectivity index (χ1v) is 6.71. The molecule has 0 bridgehead atoms. The lowest BCUT2D eigenvalue weighted by atomic mass is 10.1. The summed E-state index contributed by atoms with van der Waals surface area (Å²) >= 11 is 0. The molecule has 2 heteroatoms. The van der Waals surface area contributed by atoms with Crippen molar-refractivity contribution in [1.82, 2.24) is 0 Å². The molecule has 0 aliphatic carbocycles. The average molecular weight is 238 g/mol. The lowest BCUT2D eigenvalue weighted by Crippen LogP contribution is -2.11. The van der Waals surface area contributed by atoms with Crippen molar-refractivity contribution in [1.29, 1.82) is 0 Å². The van der Waals surface area contributed by atoms with Gasteiger partial charge in [-0.1, -0.05) is 36.8 Å². The maximum Gasteiger partial charge on any atom is 0.101 e. The number of rotatable bonds is 1. The molecule has 0 amide bonds. The van der Waals surface area contributed by atoms with Gasteiger partial charge in [0.25, 0.3) is 0 Å². The van der Waals surface area contributed by atoms with Gasteiger partial charge in [-0.05, 0) is 35.7 Å². The Labute approximate surface area is 108 Å². The van der Waals surface area contributed by atoms with E-state index in [0.717, 1.165) is 24.5 Å². The quantitative estimate of drug-likeness (QED) is 0.790. The number of anilines is 1. The Balaban J connectivity index is 1.83. The Bertz CT molecular complexity index is 572. The van der Waals surface area contributed by atoms with E-state index in [9.17, 15) is 0 Å². The van der Waals surface area contributed by atoms with Crippen molar-refractivity contribution in [3.63, 3.8) is 0 Å². The second-order valence-corrected chi connectivity index (χ2v) is 4.83. The van der Waals surface area contributed by atoms with Gasteiger partial charge in [-0.15, -0.1) is 0 Å². The number of fused-ring (bicyclic) bond motifs is 1. The molecule has 1 N–H and O–H groups in total. The minimum absolute atomic E-state index is 0.968. The summed E-state index contributed by atoms with van der Waals surface area (Å²) in [7, 11) is 0. The molecular weight excluding hydrogens is 220 g/mol. The van der Waals surface area contributed by atoms with Crippen molar-refractivity contribution in [3.05, 3.63) is 42.5 Å². The van der Waals surface area contributed by atoms with Crippen LogP contribution in [0.3, 0.4) is 0 Å². The molecular formula is C16H18N2. The lowest BCUT2D eigenvalue weighted by molar-refractivity contribution is 0.731. The monoisotopic (exact) mass is 238 g/mol. The van der Waals surface area contributed by atoms with E-state index >= 15 is 0 Å². The summed E-state index contributed by atoms with van der Waals surface area (Å²) < 4.78 is 0. The summed E-state index contributed by atoms with van der Waals surface area (Å²) in [5.41, 5.74) is 1.15. The van der Waals surface area contributed by atoms with E-state index in [1.807, 2.05) is 0 Å². The second-order valence-electron chi connectivity index (χ2n) is 4.83. The highest BCUT2D eigenvalue weighted by molar-refractivity contribution is 5.97. The van der Waals surface area contributed by atoms with Gasteiger partial charge >= 0.3 is 0 Å². The van der Waals surface area contributed by atoms with Crippen LogP contribution in [0.2, 0.25) is 0 Å². The van der Waals surface area contributed by atoms with Gasteiger partial charge in [0.1, 0.15) is 5.84 Å². The molecule has 2 aromatic rings. The highest BCUT2D eigenvalue weighted by atomic mass is 15.0. The molecule has 0 spiro atoms. The van der Waals surface area contributed by atoms with Gasteiger partial charge < -0.3 is 5.32 Å². The average Bonchev–Trinajstić information content (AvgIpc) is 2.67. The summed E-state index contributed by atoms with van der Waals surface area (Å²) in [6.07, 6.45) is 4.85. The van der Waals surface area contributed by atoms with Crippen molar-refractivity contribution < 1.29 is 0 Å². The van der Waals surface area contributed by atoms with Crippen LogP contribution in [0.4, 0.5) is 5.69 Å². The normalized spacial score (nSPS) is 16.1. The van der Waals surface area contributed by atoms with Crippen molar-refractivity contribution in [3.8, 4) is 0 Å². The van der Waals surface area contributed by atoms with E-state index in [1.54, 1.807) is 0 Å². The summed E-state index contributed by atoms with van der Waals surface area (Å²) in [6, 6.07) is 14.9. The van der Waals surface area contributed by atoms with Crippen molar-refractivity contribution in [2.45, 2.75) is 25.7 Å². The Hall–Kier alpha value is -1.83. The molecule has 2 nitrogen and oxygen atoms in total. The maximum atomic E-state index is 4.60. The fourth-order valence-electron chi connectivity index (χ4n) is 2.41. The highest BCUT2D eigenvalue weighted by Gasteiger charge is 2.04. The molecule has 18 heavy (non-hydrogen) atoms. The molecule has 92 valence electrons. The van der Waals surface area contributed by atoms with Gasteiger partial charge in [-0.25, -0.2) is 0 Å². The first-order valence-electron chi connectivity index (χ1n) is 6.71. The van der Waals surface area contributed by atoms with E-state index in [1.165, 1.54) is 30.0 Å². The van der Waals surface area contributed by atoms with Crippen molar-refractivity contribution in [2.24, 2.45) is 4.99 Å². The Kier molecular flexibility index (Phi) is 3.26. The van der Waals surface area contributed by atoms with E-state index < -0.39 is 0 Å². The molecule has 0 saturated carbocycles. The summed E-state index contributed by atoms with van der Waals surface area (Å²) in [5.74, 6) is 1.14. The van der Waals surface area contributed by atoms with Gasteiger partial charge in [0.15, 0.2) is 0 Å². The van der Waals surface area contributed by atoms with Crippen LogP contribution >= 0.6 is 0 Å². The molecule has 0 radical (unpaired) electrons. The lowest BCUT2D eigenvalue weighted by Gasteiger charge is -2.09. The zero-order valence-corrected chi connectivity index (χ0v) is 10.5.